The zero-order valence-electron chi connectivity index (χ0n) is 18.8. The van der Waals surface area contributed by atoms with E-state index in [1.165, 1.54) is 17.4 Å². The van der Waals surface area contributed by atoms with Gasteiger partial charge in [-0.1, -0.05) is 27.3 Å². The van der Waals surface area contributed by atoms with Crippen LogP contribution < -0.4 is 9.80 Å². The topological polar surface area (TPSA) is 92.0 Å². The number of benzene rings is 2. The van der Waals surface area contributed by atoms with Crippen LogP contribution in [0.3, 0.4) is 0 Å². The number of ether oxygens (including phenoxy) is 1. The van der Waals surface area contributed by atoms with E-state index in [1.54, 1.807) is 17.0 Å². The number of hydrogen-bond donors (Lipinski definition) is 0. The van der Waals surface area contributed by atoms with E-state index in [2.05, 4.69) is 20.9 Å². The van der Waals surface area contributed by atoms with Gasteiger partial charge in [0.15, 0.2) is 5.13 Å². The molecule has 0 bridgehead atoms. The summed E-state index contributed by atoms with van der Waals surface area (Å²) in [6.45, 7) is 3.22. The van der Waals surface area contributed by atoms with Crippen molar-refractivity contribution < 1.29 is 14.5 Å². The van der Waals surface area contributed by atoms with Gasteiger partial charge in [0.25, 0.3) is 11.6 Å². The second kappa shape index (κ2) is 11.4. The van der Waals surface area contributed by atoms with Crippen molar-refractivity contribution >= 4 is 72.3 Å². The normalized spacial score (nSPS) is 13.7. The molecule has 1 aromatic heterocycles. The Labute approximate surface area is 216 Å². The molecule has 9 nitrogen and oxygen atoms in total. The number of nitro groups is 1. The molecule has 1 fully saturated rings. The van der Waals surface area contributed by atoms with Crippen molar-refractivity contribution in [1.29, 1.82) is 0 Å². The van der Waals surface area contributed by atoms with Crippen LogP contribution in [0.25, 0.3) is 10.2 Å². The fourth-order valence-electron chi connectivity index (χ4n) is 3.62. The summed E-state index contributed by atoms with van der Waals surface area (Å²) in [5.74, 6) is -0.313. The van der Waals surface area contributed by atoms with Gasteiger partial charge in [-0.05, 0) is 44.4 Å². The van der Waals surface area contributed by atoms with Gasteiger partial charge in [0.05, 0.1) is 28.4 Å². The average Bonchev–Trinajstić information content (AvgIpc) is 3.21. The minimum absolute atomic E-state index is 0. The second-order valence-electron chi connectivity index (χ2n) is 7.93. The van der Waals surface area contributed by atoms with Gasteiger partial charge in [0.2, 0.25) is 0 Å². The number of morpholine rings is 1. The smallest absolute Gasteiger partial charge is 0.293 e. The molecule has 0 N–H and O–H groups in total. The summed E-state index contributed by atoms with van der Waals surface area (Å²) in [6.07, 6.45) is 0. The van der Waals surface area contributed by atoms with Gasteiger partial charge >= 0.3 is 0 Å². The average molecular weight is 571 g/mol. The van der Waals surface area contributed by atoms with Crippen molar-refractivity contribution in [3.05, 3.63) is 56.5 Å². The highest BCUT2D eigenvalue weighted by Crippen LogP contribution is 2.34. The molecule has 182 valence electrons. The lowest BCUT2D eigenvalue weighted by Crippen LogP contribution is -2.37. The molecule has 0 spiro atoms. The minimum atomic E-state index is -0.430. The van der Waals surface area contributed by atoms with Crippen LogP contribution in [0.2, 0.25) is 0 Å². The first-order valence-electron chi connectivity index (χ1n) is 10.5. The predicted octanol–water partition coefficient (Wildman–Crippen LogP) is 4.43. The van der Waals surface area contributed by atoms with Gasteiger partial charge in [-0.15, -0.1) is 12.4 Å². The summed E-state index contributed by atoms with van der Waals surface area (Å²) < 4.78 is 7.25. The number of hydrogen-bond acceptors (Lipinski definition) is 8. The first-order chi connectivity index (χ1) is 15.8. The third-order valence-corrected chi connectivity index (χ3v) is 6.89. The molecule has 4 rings (SSSR count). The largest absolute Gasteiger partial charge is 0.378 e. The maximum absolute atomic E-state index is 13.6. The lowest BCUT2D eigenvalue weighted by atomic mass is 10.1. The number of anilines is 2. The molecule has 1 aliphatic heterocycles. The molecule has 0 atom stereocenters. The number of aromatic nitrogens is 1. The maximum Gasteiger partial charge on any atom is 0.293 e. The number of halogens is 2. The van der Waals surface area contributed by atoms with Crippen molar-refractivity contribution in [2.45, 2.75) is 0 Å². The third kappa shape index (κ3) is 5.84. The van der Waals surface area contributed by atoms with E-state index in [4.69, 9.17) is 4.74 Å². The SMILES string of the molecule is CN(C)CCN(C(=O)c1ccc(N2CCOCC2)c([N+](=O)[O-])c1)c1nc2ccc(Br)cc2s1.Cl. The Hall–Kier alpha value is -2.31. The monoisotopic (exact) mass is 569 g/mol. The molecule has 2 aromatic carbocycles. The van der Waals surface area contributed by atoms with Crippen LogP contribution in [-0.2, 0) is 4.74 Å². The van der Waals surface area contributed by atoms with Gasteiger partial charge in [0.1, 0.15) is 5.69 Å². The van der Waals surface area contributed by atoms with E-state index >= 15 is 0 Å². The summed E-state index contributed by atoms with van der Waals surface area (Å²) in [6, 6.07) is 10.5. The van der Waals surface area contributed by atoms with E-state index in [9.17, 15) is 14.9 Å². The number of nitro benzene ring substituents is 1. The molecule has 3 aromatic rings. The highest BCUT2D eigenvalue weighted by Gasteiger charge is 2.27. The Morgan fingerprint density at radius 3 is 2.62 bits per heavy atom. The number of fused-ring (bicyclic) bond motifs is 1. The molecule has 0 aliphatic carbocycles. The Bertz CT molecular complexity index is 1190. The van der Waals surface area contributed by atoms with Crippen LogP contribution in [0.1, 0.15) is 10.4 Å². The highest BCUT2D eigenvalue weighted by molar-refractivity contribution is 9.10. The fourth-order valence-corrected chi connectivity index (χ4v) is 5.16. The maximum atomic E-state index is 13.6. The first-order valence-corrected chi connectivity index (χ1v) is 12.1. The summed E-state index contributed by atoms with van der Waals surface area (Å²) in [5.41, 5.74) is 1.49. The molecular weight excluding hydrogens is 546 g/mol. The Kier molecular flexibility index (Phi) is 8.83. The number of amides is 1. The quantitative estimate of drug-likeness (QED) is 0.306. The van der Waals surface area contributed by atoms with Crippen LogP contribution in [0, 0.1) is 10.1 Å². The molecule has 2 heterocycles. The lowest BCUT2D eigenvalue weighted by Gasteiger charge is -2.28. The first kappa shape index (κ1) is 26.3. The molecule has 1 amide bonds. The summed E-state index contributed by atoms with van der Waals surface area (Å²) >= 11 is 4.89. The Morgan fingerprint density at radius 1 is 1.21 bits per heavy atom. The van der Waals surface area contributed by atoms with Crippen LogP contribution >= 0.6 is 39.7 Å². The van der Waals surface area contributed by atoms with Crippen LogP contribution in [0.4, 0.5) is 16.5 Å². The molecule has 1 saturated heterocycles. The van der Waals surface area contributed by atoms with Crippen molar-refractivity contribution in [3.8, 4) is 0 Å². The number of carbonyl (C=O) groups is 1. The van der Waals surface area contributed by atoms with Gasteiger partial charge in [-0.25, -0.2) is 4.98 Å². The highest BCUT2D eigenvalue weighted by atomic mass is 79.9. The van der Waals surface area contributed by atoms with E-state index < -0.39 is 4.92 Å². The summed E-state index contributed by atoms with van der Waals surface area (Å²) in [7, 11) is 3.86. The van der Waals surface area contributed by atoms with E-state index in [0.29, 0.717) is 50.2 Å². The molecular formula is C22H25BrClN5O4S. The number of nitrogens with zero attached hydrogens (tertiary/aromatic N) is 5. The van der Waals surface area contributed by atoms with Gasteiger partial charge < -0.3 is 14.5 Å². The minimum Gasteiger partial charge on any atom is -0.378 e. The molecule has 1 aliphatic rings. The Balaban J connectivity index is 0.00000324. The zero-order chi connectivity index (χ0) is 23.5. The number of likely N-dealkylation sites (N-methyl/N-ethyl adjacent to an activating group) is 1. The van der Waals surface area contributed by atoms with Crippen LogP contribution in [0.5, 0.6) is 0 Å². The van der Waals surface area contributed by atoms with E-state index in [0.717, 1.165) is 14.7 Å². The van der Waals surface area contributed by atoms with Gasteiger partial charge in [-0.2, -0.15) is 0 Å². The number of thiazole rings is 1. The second-order valence-corrected chi connectivity index (χ2v) is 9.85. The summed E-state index contributed by atoms with van der Waals surface area (Å²) in [5, 5.41) is 12.4. The predicted molar refractivity (Wildman–Crippen MR) is 141 cm³/mol. The molecule has 12 heteroatoms. The molecule has 34 heavy (non-hydrogen) atoms. The van der Waals surface area contributed by atoms with Crippen molar-refractivity contribution in [2.24, 2.45) is 0 Å². The number of rotatable bonds is 7. The zero-order valence-corrected chi connectivity index (χ0v) is 22.0. The van der Waals surface area contributed by atoms with Crippen LogP contribution in [-0.4, -0.2) is 74.2 Å². The van der Waals surface area contributed by atoms with E-state index in [1.807, 2.05) is 42.1 Å². The van der Waals surface area contributed by atoms with Crippen molar-refractivity contribution in [3.63, 3.8) is 0 Å². The summed E-state index contributed by atoms with van der Waals surface area (Å²) in [4.78, 5) is 35.1. The standard InChI is InChI=1S/C22H24BrN5O4S.ClH/c1-25(2)7-8-27(22-24-17-5-4-16(23)14-20(17)33-22)21(29)15-3-6-18(19(13-15)28(30)31)26-9-11-32-12-10-26;/h3-6,13-14H,7-12H2,1-2H3;1H. The molecule has 0 radical (unpaired) electrons. The van der Waals surface area contributed by atoms with Crippen LogP contribution in [0.15, 0.2) is 40.9 Å². The van der Waals surface area contributed by atoms with Crippen molar-refractivity contribution in [2.75, 3.05) is 63.3 Å². The van der Waals surface area contributed by atoms with Crippen molar-refractivity contribution in [1.82, 2.24) is 9.88 Å². The van der Waals surface area contributed by atoms with Gasteiger partial charge in [0, 0.05) is 42.3 Å². The fraction of sp³-hybridized carbons (Fsp3) is 0.364. The Morgan fingerprint density at radius 2 is 1.94 bits per heavy atom. The lowest BCUT2D eigenvalue weighted by molar-refractivity contribution is -0.384. The number of carbonyl (C=O) groups excluding carboxylic acids is 1. The van der Waals surface area contributed by atoms with E-state index in [-0.39, 0.29) is 29.6 Å². The molecule has 0 unspecified atom stereocenters. The molecule has 0 saturated carbocycles. The van der Waals surface area contributed by atoms with Gasteiger partial charge in [-0.3, -0.25) is 19.8 Å². The third-order valence-electron chi connectivity index (χ3n) is 5.36.